The van der Waals surface area contributed by atoms with Gasteiger partial charge in [0.05, 0.1) is 35.6 Å². The second-order valence-electron chi connectivity index (χ2n) is 13.4. The number of carbonyl (C=O) groups excluding carboxylic acids is 2. The number of fused-ring (bicyclic) bond motifs is 5. The standard InChI is InChI=1S/C35H38FN3O5S/c1-20-15-24-25-10-11-35(32(42)45-14-12-37,44-31(41)29-5-4-13-43-29)34(25,3)18-28(40)30(24)33(2)17-21(19-38)27(16-26(20)33)39-23-8-6-22(36)7-9-23/h4-9,13,16,19-20,24-25,28,30,40H,10-11,14-15,17-18,38H2,1-3H3/t20-,24-,25?,28?,30?,33-,34-,35-/m0/s1. The van der Waals surface area contributed by atoms with Crippen LogP contribution in [0.1, 0.15) is 63.4 Å². The van der Waals surface area contributed by atoms with Gasteiger partial charge in [0.1, 0.15) is 5.82 Å². The SMILES string of the molecule is C[C@H]1C[C@@H]2C(C(O)C[C@@]3(C)C2CC[C@]3(OC(=O)c2ccco2)C(=O)SCC#N)[C@@]2(C)CC(=CN)C(=Nc3ccc(F)cc3)C=C12. The third-order valence-corrected chi connectivity index (χ3v) is 12.0. The number of rotatable bonds is 5. The van der Waals surface area contributed by atoms with Gasteiger partial charge < -0.3 is 20.0 Å². The number of aliphatic hydroxyl groups is 1. The van der Waals surface area contributed by atoms with E-state index >= 15 is 0 Å². The molecule has 0 radical (unpaired) electrons. The summed E-state index contributed by atoms with van der Waals surface area (Å²) in [5.41, 5.74) is 6.81. The average molecular weight is 632 g/mol. The highest BCUT2D eigenvalue weighted by atomic mass is 32.2. The van der Waals surface area contributed by atoms with Crippen LogP contribution in [0.2, 0.25) is 0 Å². The monoisotopic (exact) mass is 631 g/mol. The van der Waals surface area contributed by atoms with Crippen LogP contribution >= 0.6 is 11.8 Å². The highest BCUT2D eigenvalue weighted by molar-refractivity contribution is 8.14. The molecule has 0 bridgehead atoms. The summed E-state index contributed by atoms with van der Waals surface area (Å²) in [5.74, 6) is -1.06. The van der Waals surface area contributed by atoms with E-state index in [9.17, 15) is 24.3 Å². The maximum atomic E-state index is 14.0. The number of nitriles is 1. The number of hydrogen-bond acceptors (Lipinski definition) is 9. The number of nitrogens with zero attached hydrogens (tertiary/aromatic N) is 2. The van der Waals surface area contributed by atoms with Crippen molar-refractivity contribution >= 4 is 34.2 Å². The predicted molar refractivity (Wildman–Crippen MR) is 169 cm³/mol. The van der Waals surface area contributed by atoms with E-state index in [-0.39, 0.29) is 52.5 Å². The van der Waals surface area contributed by atoms with Gasteiger partial charge >= 0.3 is 5.97 Å². The van der Waals surface area contributed by atoms with Crippen molar-refractivity contribution in [2.24, 2.45) is 45.2 Å². The molecule has 10 heteroatoms. The summed E-state index contributed by atoms with van der Waals surface area (Å²) in [5, 5.41) is 21.0. The molecule has 4 aliphatic carbocycles. The van der Waals surface area contributed by atoms with Crippen molar-refractivity contribution in [3.63, 3.8) is 0 Å². The number of benzene rings is 1. The first-order valence-electron chi connectivity index (χ1n) is 15.4. The van der Waals surface area contributed by atoms with E-state index in [1.807, 2.05) is 13.0 Å². The van der Waals surface area contributed by atoms with Crippen LogP contribution in [0.5, 0.6) is 0 Å². The summed E-state index contributed by atoms with van der Waals surface area (Å²) in [6.45, 7) is 6.36. The highest BCUT2D eigenvalue weighted by Gasteiger charge is 2.71. The van der Waals surface area contributed by atoms with Gasteiger partial charge in [0, 0.05) is 5.41 Å². The van der Waals surface area contributed by atoms with E-state index < -0.39 is 28.5 Å². The lowest BCUT2D eigenvalue weighted by Crippen LogP contribution is -2.63. The second kappa shape index (κ2) is 11.6. The Morgan fingerprint density at radius 3 is 2.71 bits per heavy atom. The molecule has 0 amide bonds. The molecule has 6 rings (SSSR count). The second-order valence-corrected chi connectivity index (χ2v) is 14.4. The first-order chi connectivity index (χ1) is 21.5. The fourth-order valence-corrected chi connectivity index (χ4v) is 10.2. The number of hydrogen-bond donors (Lipinski definition) is 2. The lowest BCUT2D eigenvalue weighted by atomic mass is 9.44. The number of carbonyl (C=O) groups is 2. The third kappa shape index (κ3) is 4.95. The Morgan fingerprint density at radius 2 is 2.04 bits per heavy atom. The largest absolute Gasteiger partial charge is 0.457 e. The van der Waals surface area contributed by atoms with Crippen LogP contribution in [0.4, 0.5) is 10.1 Å². The molecule has 3 unspecified atom stereocenters. The van der Waals surface area contributed by atoms with E-state index in [1.54, 1.807) is 24.4 Å². The van der Waals surface area contributed by atoms with Crippen molar-refractivity contribution < 1.29 is 28.2 Å². The number of thioether (sulfide) groups is 1. The van der Waals surface area contributed by atoms with Crippen LogP contribution < -0.4 is 5.73 Å². The third-order valence-electron chi connectivity index (χ3n) is 11.2. The normalized spacial score (nSPS) is 37.2. The lowest BCUT2D eigenvalue weighted by Gasteiger charge is -2.62. The molecule has 1 aromatic carbocycles. The zero-order valence-electron chi connectivity index (χ0n) is 25.7. The lowest BCUT2D eigenvalue weighted by molar-refractivity contribution is -0.177. The molecule has 1 heterocycles. The quantitative estimate of drug-likeness (QED) is 0.357. The summed E-state index contributed by atoms with van der Waals surface area (Å²) in [6.07, 6.45) is 6.85. The number of nitrogens with two attached hydrogens (primary N) is 1. The fraction of sp³-hybridized carbons (Fsp3) is 0.486. The van der Waals surface area contributed by atoms with Gasteiger partial charge in [0.15, 0.2) is 5.60 Å². The minimum atomic E-state index is -1.51. The zero-order chi connectivity index (χ0) is 32.1. The Balaban J connectivity index is 1.38. The van der Waals surface area contributed by atoms with Gasteiger partial charge in [0.25, 0.3) is 0 Å². The molecule has 1 aromatic heterocycles. The van der Waals surface area contributed by atoms with Crippen LogP contribution in [-0.4, -0.2) is 39.4 Å². The molecule has 0 spiro atoms. The number of aliphatic hydroxyl groups excluding tert-OH is 1. The maximum absolute atomic E-state index is 14.0. The summed E-state index contributed by atoms with van der Waals surface area (Å²) in [4.78, 5) is 32.1. The first kappa shape index (κ1) is 31.3. The number of esters is 1. The van der Waals surface area contributed by atoms with Gasteiger partial charge in [-0.25, -0.2) is 14.2 Å². The molecule has 2 aromatic rings. The van der Waals surface area contributed by atoms with E-state index in [0.717, 1.165) is 29.5 Å². The van der Waals surface area contributed by atoms with Gasteiger partial charge in [0.2, 0.25) is 10.9 Å². The molecular formula is C35H38FN3O5S. The molecule has 3 fully saturated rings. The maximum Gasteiger partial charge on any atom is 0.375 e. The number of aliphatic imine (C=N–C) groups is 1. The Kier molecular flexibility index (Phi) is 8.07. The molecule has 8 nitrogen and oxygen atoms in total. The summed E-state index contributed by atoms with van der Waals surface area (Å²) >= 11 is 0.866. The van der Waals surface area contributed by atoms with E-state index in [1.165, 1.54) is 30.0 Å². The zero-order valence-corrected chi connectivity index (χ0v) is 26.5. The van der Waals surface area contributed by atoms with Crippen molar-refractivity contribution in [2.75, 3.05) is 5.75 Å². The van der Waals surface area contributed by atoms with Gasteiger partial charge in [-0.1, -0.05) is 38.1 Å². The molecular weight excluding hydrogens is 593 g/mol. The molecule has 3 saturated carbocycles. The average Bonchev–Trinajstić information content (AvgIpc) is 3.64. The minimum Gasteiger partial charge on any atom is -0.457 e. The number of ether oxygens (including phenoxy) is 1. The topological polar surface area (TPSA) is 139 Å². The van der Waals surface area contributed by atoms with Crippen molar-refractivity contribution in [2.45, 2.75) is 64.6 Å². The molecule has 236 valence electrons. The smallest absolute Gasteiger partial charge is 0.375 e. The number of allylic oxidation sites excluding steroid dienone is 3. The first-order valence-corrected chi connectivity index (χ1v) is 16.4. The Labute approximate surface area is 266 Å². The van der Waals surface area contributed by atoms with Crippen LogP contribution in [0.25, 0.3) is 0 Å². The number of furan rings is 1. The van der Waals surface area contributed by atoms with Crippen molar-refractivity contribution in [3.8, 4) is 6.07 Å². The Bertz CT molecular complexity index is 1630. The Morgan fingerprint density at radius 1 is 1.29 bits per heavy atom. The van der Waals surface area contributed by atoms with Crippen LogP contribution in [0.3, 0.4) is 0 Å². The van der Waals surface area contributed by atoms with Gasteiger partial charge in [-0.05, 0) is 115 Å². The molecule has 3 N–H and O–H groups in total. The highest BCUT2D eigenvalue weighted by Crippen LogP contribution is 2.69. The summed E-state index contributed by atoms with van der Waals surface area (Å²) in [7, 11) is 0. The van der Waals surface area contributed by atoms with Crippen molar-refractivity contribution in [1.29, 1.82) is 5.26 Å². The Hall–Kier alpha value is -3.68. The molecule has 4 aliphatic rings. The van der Waals surface area contributed by atoms with E-state index in [0.29, 0.717) is 24.9 Å². The molecule has 0 saturated heterocycles. The molecule has 0 aliphatic heterocycles. The van der Waals surface area contributed by atoms with Crippen LogP contribution in [0.15, 0.2) is 75.5 Å². The van der Waals surface area contributed by atoms with E-state index in [4.69, 9.17) is 19.9 Å². The summed E-state index contributed by atoms with van der Waals surface area (Å²) < 4.78 is 25.0. The van der Waals surface area contributed by atoms with Crippen molar-refractivity contribution in [3.05, 3.63) is 77.7 Å². The summed E-state index contributed by atoms with van der Waals surface area (Å²) in [6, 6.07) is 11.1. The van der Waals surface area contributed by atoms with E-state index in [2.05, 4.69) is 19.9 Å². The molecule has 8 atom stereocenters. The molecule has 45 heavy (non-hydrogen) atoms. The fourth-order valence-electron chi connectivity index (χ4n) is 9.38. The van der Waals surface area contributed by atoms with Gasteiger partial charge in [-0.3, -0.25) is 4.79 Å². The predicted octanol–water partition coefficient (Wildman–Crippen LogP) is 6.50. The van der Waals surface area contributed by atoms with Gasteiger partial charge in [-0.2, -0.15) is 5.26 Å². The minimum absolute atomic E-state index is 0.00346. The van der Waals surface area contributed by atoms with Crippen LogP contribution in [-0.2, 0) is 9.53 Å². The van der Waals surface area contributed by atoms with Gasteiger partial charge in [-0.15, -0.1) is 0 Å². The number of halogens is 1. The van der Waals surface area contributed by atoms with Crippen LogP contribution in [0, 0.1) is 51.6 Å². The van der Waals surface area contributed by atoms with Crippen molar-refractivity contribution in [1.82, 2.24) is 0 Å².